The molecule has 3 rings (SSSR count). The lowest BCUT2D eigenvalue weighted by atomic mass is 9.81. The Morgan fingerprint density at radius 3 is 1.89 bits per heavy atom. The van der Waals surface area contributed by atoms with Crippen LogP contribution in [0, 0.1) is 0 Å². The lowest BCUT2D eigenvalue weighted by Gasteiger charge is -2.36. The van der Waals surface area contributed by atoms with Gasteiger partial charge in [0.25, 0.3) is 5.91 Å². The first-order chi connectivity index (χ1) is 13.6. The molecule has 4 heteroatoms. The van der Waals surface area contributed by atoms with Crippen molar-refractivity contribution in [3.05, 3.63) is 96.1 Å². The van der Waals surface area contributed by atoms with Crippen molar-refractivity contribution < 1.29 is 9.53 Å². The summed E-state index contributed by atoms with van der Waals surface area (Å²) in [6, 6.07) is 27.2. The van der Waals surface area contributed by atoms with Gasteiger partial charge in [-0.1, -0.05) is 60.7 Å². The summed E-state index contributed by atoms with van der Waals surface area (Å²) >= 11 is 0. The molecule has 0 saturated carbocycles. The molecule has 0 bridgehead atoms. The number of ether oxygens (including phenoxy) is 1. The summed E-state index contributed by atoms with van der Waals surface area (Å²) in [5.74, 6) is 0.636. The maximum atomic E-state index is 13.6. The summed E-state index contributed by atoms with van der Waals surface area (Å²) in [7, 11) is 1.63. The molecule has 3 aromatic carbocycles. The first-order valence-electron chi connectivity index (χ1n) is 9.40. The van der Waals surface area contributed by atoms with Crippen LogP contribution in [0.25, 0.3) is 0 Å². The normalized spacial score (nSPS) is 12.9. The largest absolute Gasteiger partial charge is 0.497 e. The Labute approximate surface area is 166 Å². The Bertz CT molecular complexity index is 893. The fourth-order valence-corrected chi connectivity index (χ4v) is 3.27. The zero-order valence-electron chi connectivity index (χ0n) is 16.5. The number of rotatable bonds is 7. The number of para-hydroxylation sites is 1. The van der Waals surface area contributed by atoms with Gasteiger partial charge in [-0.05, 0) is 49.2 Å². The van der Waals surface area contributed by atoms with Crippen LogP contribution in [0.5, 0.6) is 5.75 Å². The first kappa shape index (κ1) is 19.5. The minimum absolute atomic E-state index is 0.00593. The van der Waals surface area contributed by atoms with E-state index in [4.69, 9.17) is 4.74 Å². The average molecular weight is 374 g/mol. The molecule has 144 valence electrons. The number of carbonyl (C=O) groups is 1. The number of benzene rings is 3. The number of methoxy groups -OCH3 is 1. The van der Waals surface area contributed by atoms with Crippen LogP contribution < -0.4 is 15.4 Å². The number of hydrogen-bond donors (Lipinski definition) is 2. The quantitative estimate of drug-likeness (QED) is 0.637. The molecule has 0 aliphatic heterocycles. The summed E-state index contributed by atoms with van der Waals surface area (Å²) in [6.45, 7) is 3.92. The minimum atomic E-state index is -1.08. The van der Waals surface area contributed by atoms with Gasteiger partial charge < -0.3 is 15.4 Å². The summed E-state index contributed by atoms with van der Waals surface area (Å²) < 4.78 is 5.31. The third-order valence-electron chi connectivity index (χ3n) is 4.60. The van der Waals surface area contributed by atoms with Gasteiger partial charge in [-0.15, -0.1) is 0 Å². The highest BCUT2D eigenvalue weighted by atomic mass is 16.5. The maximum absolute atomic E-state index is 13.6. The molecule has 28 heavy (non-hydrogen) atoms. The molecule has 0 aliphatic rings. The van der Waals surface area contributed by atoms with Gasteiger partial charge >= 0.3 is 0 Å². The van der Waals surface area contributed by atoms with E-state index in [2.05, 4.69) is 10.6 Å². The predicted molar refractivity (Wildman–Crippen MR) is 114 cm³/mol. The second kappa shape index (κ2) is 8.61. The van der Waals surface area contributed by atoms with Gasteiger partial charge in [0.1, 0.15) is 5.75 Å². The molecule has 0 aromatic heterocycles. The van der Waals surface area contributed by atoms with Crippen LogP contribution in [-0.2, 0) is 10.3 Å². The molecule has 1 amide bonds. The van der Waals surface area contributed by atoms with Crippen molar-refractivity contribution in [2.75, 3.05) is 12.4 Å². The van der Waals surface area contributed by atoms with Gasteiger partial charge in [-0.25, -0.2) is 0 Å². The van der Waals surface area contributed by atoms with E-state index in [1.54, 1.807) is 7.11 Å². The van der Waals surface area contributed by atoms with Crippen molar-refractivity contribution >= 4 is 11.6 Å². The lowest BCUT2D eigenvalue weighted by Crippen LogP contribution is -2.52. The van der Waals surface area contributed by atoms with Gasteiger partial charge in [0.2, 0.25) is 0 Å². The third-order valence-corrected chi connectivity index (χ3v) is 4.60. The molecular formula is C24H26N2O2. The number of carbonyl (C=O) groups excluding carboxylic acids is 1. The van der Waals surface area contributed by atoms with Crippen molar-refractivity contribution in [1.82, 2.24) is 5.32 Å². The number of anilines is 1. The van der Waals surface area contributed by atoms with E-state index in [1.807, 2.05) is 98.8 Å². The van der Waals surface area contributed by atoms with Crippen LogP contribution in [0.2, 0.25) is 0 Å². The Morgan fingerprint density at radius 2 is 1.36 bits per heavy atom. The number of hydrogen-bond acceptors (Lipinski definition) is 3. The van der Waals surface area contributed by atoms with Crippen LogP contribution >= 0.6 is 0 Å². The molecule has 0 spiro atoms. The summed E-state index contributed by atoms with van der Waals surface area (Å²) in [6.07, 6.45) is 0. The zero-order valence-corrected chi connectivity index (χ0v) is 16.5. The van der Waals surface area contributed by atoms with Gasteiger partial charge in [0, 0.05) is 11.7 Å². The van der Waals surface area contributed by atoms with Gasteiger partial charge in [0.05, 0.1) is 7.11 Å². The van der Waals surface area contributed by atoms with Crippen molar-refractivity contribution in [2.24, 2.45) is 0 Å². The predicted octanol–water partition coefficient (Wildman–Crippen LogP) is 4.58. The van der Waals surface area contributed by atoms with E-state index < -0.39 is 5.54 Å². The second-order valence-corrected chi connectivity index (χ2v) is 6.96. The fraction of sp³-hybridized carbons (Fsp3) is 0.208. The molecule has 0 fully saturated rings. The van der Waals surface area contributed by atoms with Crippen LogP contribution in [-0.4, -0.2) is 19.1 Å². The van der Waals surface area contributed by atoms with Gasteiger partial charge in [-0.3, -0.25) is 4.79 Å². The second-order valence-electron chi connectivity index (χ2n) is 6.96. The Hall–Kier alpha value is -3.27. The van der Waals surface area contributed by atoms with E-state index in [0.29, 0.717) is 0 Å². The summed E-state index contributed by atoms with van der Waals surface area (Å²) in [4.78, 5) is 13.6. The monoisotopic (exact) mass is 374 g/mol. The number of amides is 1. The van der Waals surface area contributed by atoms with Crippen LogP contribution in [0.4, 0.5) is 5.69 Å². The van der Waals surface area contributed by atoms with E-state index in [0.717, 1.165) is 22.6 Å². The van der Waals surface area contributed by atoms with Crippen molar-refractivity contribution in [2.45, 2.75) is 25.4 Å². The topological polar surface area (TPSA) is 50.4 Å². The molecule has 0 aliphatic carbocycles. The van der Waals surface area contributed by atoms with Crippen LogP contribution in [0.15, 0.2) is 84.9 Å². The van der Waals surface area contributed by atoms with E-state index in [1.165, 1.54) is 0 Å². The van der Waals surface area contributed by atoms with Crippen LogP contribution in [0.3, 0.4) is 0 Å². The Kier molecular flexibility index (Phi) is 5.99. The molecular weight excluding hydrogens is 348 g/mol. The third kappa shape index (κ3) is 4.01. The van der Waals surface area contributed by atoms with Crippen molar-refractivity contribution in [3.63, 3.8) is 0 Å². The number of nitrogens with one attached hydrogen (secondary N) is 2. The maximum Gasteiger partial charge on any atom is 0.255 e. The molecule has 0 saturated heterocycles. The van der Waals surface area contributed by atoms with E-state index in [-0.39, 0.29) is 11.9 Å². The molecule has 3 aromatic rings. The molecule has 1 atom stereocenters. The van der Waals surface area contributed by atoms with Crippen molar-refractivity contribution in [3.8, 4) is 5.75 Å². The SMILES string of the molecule is COc1ccc(C(Nc2ccccc2)(C(=O)NC(C)C)c2ccccc2)cc1. The molecule has 2 N–H and O–H groups in total. The Balaban J connectivity index is 2.22. The first-order valence-corrected chi connectivity index (χ1v) is 9.40. The Morgan fingerprint density at radius 1 is 0.821 bits per heavy atom. The molecule has 0 heterocycles. The standard InChI is InChI=1S/C24H26N2O2/c1-18(2)25-23(27)24(19-10-6-4-7-11-19,26-21-12-8-5-9-13-21)20-14-16-22(28-3)17-15-20/h4-18,26H,1-3H3,(H,25,27). The fourth-order valence-electron chi connectivity index (χ4n) is 3.27. The highest BCUT2D eigenvalue weighted by molar-refractivity contribution is 5.95. The molecule has 0 radical (unpaired) electrons. The lowest BCUT2D eigenvalue weighted by molar-refractivity contribution is -0.125. The van der Waals surface area contributed by atoms with Crippen molar-refractivity contribution in [1.29, 1.82) is 0 Å². The summed E-state index contributed by atoms with van der Waals surface area (Å²) in [5.41, 5.74) is 1.48. The zero-order chi connectivity index (χ0) is 20.0. The smallest absolute Gasteiger partial charge is 0.255 e. The van der Waals surface area contributed by atoms with Gasteiger partial charge in [0.15, 0.2) is 5.54 Å². The minimum Gasteiger partial charge on any atom is -0.497 e. The highest BCUT2D eigenvalue weighted by Crippen LogP contribution is 2.35. The molecule has 4 nitrogen and oxygen atoms in total. The van der Waals surface area contributed by atoms with Crippen LogP contribution in [0.1, 0.15) is 25.0 Å². The van der Waals surface area contributed by atoms with Gasteiger partial charge in [-0.2, -0.15) is 0 Å². The van der Waals surface area contributed by atoms with E-state index >= 15 is 0 Å². The summed E-state index contributed by atoms with van der Waals surface area (Å²) in [5, 5.41) is 6.61. The average Bonchev–Trinajstić information content (AvgIpc) is 2.73. The molecule has 1 unspecified atom stereocenters. The van der Waals surface area contributed by atoms with E-state index in [9.17, 15) is 4.79 Å². The highest BCUT2D eigenvalue weighted by Gasteiger charge is 2.42.